The zero-order valence-electron chi connectivity index (χ0n) is 8.35. The first-order chi connectivity index (χ1) is 7.65. The second-order valence-electron chi connectivity index (χ2n) is 3.11. The van der Waals surface area contributed by atoms with E-state index in [1.807, 2.05) is 0 Å². The van der Waals surface area contributed by atoms with Crippen molar-refractivity contribution in [2.75, 3.05) is 6.54 Å². The number of azide groups is 1. The zero-order chi connectivity index (χ0) is 12.0. The van der Waals surface area contributed by atoms with E-state index in [-0.39, 0.29) is 12.2 Å². The van der Waals surface area contributed by atoms with Crippen LogP contribution in [0.1, 0.15) is 18.1 Å². The van der Waals surface area contributed by atoms with E-state index in [0.717, 1.165) is 0 Å². The van der Waals surface area contributed by atoms with Gasteiger partial charge in [-0.15, -0.1) is 0 Å². The van der Waals surface area contributed by atoms with Crippen molar-refractivity contribution < 1.29 is 10.0 Å². The molecule has 0 aliphatic rings. The molecule has 7 heteroatoms. The number of hydrogen-bond donors (Lipinski definition) is 1. The Balaban J connectivity index is 2.66. The third-order valence-electron chi connectivity index (χ3n) is 2.05. The van der Waals surface area contributed by atoms with Crippen LogP contribution < -0.4 is 0 Å². The van der Waals surface area contributed by atoms with Crippen molar-refractivity contribution in [3.05, 3.63) is 50.4 Å². The predicted molar refractivity (Wildman–Crippen MR) is 56.7 cm³/mol. The summed E-state index contributed by atoms with van der Waals surface area (Å²) in [5.74, 6) is 0. The molecule has 0 saturated heterocycles. The molecule has 1 N–H and O–H groups in total. The minimum absolute atomic E-state index is 0.0222. The molecule has 0 heterocycles. The zero-order valence-corrected chi connectivity index (χ0v) is 8.35. The van der Waals surface area contributed by atoms with Gasteiger partial charge in [0.05, 0.1) is 11.0 Å². The monoisotopic (exact) mass is 222 g/mol. The molecule has 0 bridgehead atoms. The van der Waals surface area contributed by atoms with Gasteiger partial charge in [-0.2, -0.15) is 0 Å². The quantitative estimate of drug-likeness (QED) is 0.271. The molecule has 0 spiro atoms. The molecule has 0 radical (unpaired) electrons. The Morgan fingerprint density at radius 1 is 1.50 bits per heavy atom. The van der Waals surface area contributed by atoms with Gasteiger partial charge in [0.1, 0.15) is 0 Å². The number of benzene rings is 1. The normalized spacial score (nSPS) is 11.6. The van der Waals surface area contributed by atoms with Gasteiger partial charge in [-0.1, -0.05) is 5.11 Å². The molecule has 0 amide bonds. The van der Waals surface area contributed by atoms with Crippen LogP contribution in [-0.2, 0) is 0 Å². The highest BCUT2D eigenvalue weighted by Crippen LogP contribution is 2.19. The fraction of sp³-hybridized carbons (Fsp3) is 0.333. The molecule has 7 nitrogen and oxygen atoms in total. The van der Waals surface area contributed by atoms with Crippen molar-refractivity contribution in [1.29, 1.82) is 0 Å². The van der Waals surface area contributed by atoms with Gasteiger partial charge in [-0.3, -0.25) is 10.1 Å². The smallest absolute Gasteiger partial charge is 0.269 e. The summed E-state index contributed by atoms with van der Waals surface area (Å²) in [4.78, 5) is 12.4. The molecule has 0 aromatic heterocycles. The summed E-state index contributed by atoms with van der Waals surface area (Å²) < 4.78 is 0. The molecule has 1 atom stereocenters. The number of non-ortho nitro benzene ring substituents is 1. The van der Waals surface area contributed by atoms with Crippen LogP contribution in [0.5, 0.6) is 0 Å². The molecular formula is C9H10N4O3. The number of hydrogen-bond acceptors (Lipinski definition) is 4. The standard InChI is InChI=1S/C9H10N4O3/c10-12-11-6-5-9(14)7-1-3-8(4-2-7)13(15)16/h1-4,9,14H,5-6H2. The van der Waals surface area contributed by atoms with E-state index < -0.39 is 11.0 Å². The minimum Gasteiger partial charge on any atom is -0.388 e. The highest BCUT2D eigenvalue weighted by Gasteiger charge is 2.09. The van der Waals surface area contributed by atoms with Crippen molar-refractivity contribution in [1.82, 2.24) is 0 Å². The summed E-state index contributed by atoms with van der Waals surface area (Å²) in [5.41, 5.74) is 8.59. The third-order valence-corrected chi connectivity index (χ3v) is 2.05. The first kappa shape index (κ1) is 12.0. The van der Waals surface area contributed by atoms with Gasteiger partial charge in [-0.05, 0) is 29.6 Å². The van der Waals surface area contributed by atoms with Crippen LogP contribution in [0.3, 0.4) is 0 Å². The van der Waals surface area contributed by atoms with E-state index in [1.165, 1.54) is 24.3 Å². The number of aliphatic hydroxyl groups is 1. The summed E-state index contributed by atoms with van der Waals surface area (Å²) in [6.45, 7) is 0.189. The maximum absolute atomic E-state index is 10.4. The highest BCUT2D eigenvalue weighted by molar-refractivity contribution is 5.33. The number of nitrogens with zero attached hydrogens (tertiary/aromatic N) is 4. The van der Waals surface area contributed by atoms with Crippen molar-refractivity contribution >= 4 is 5.69 Å². The Labute approximate surface area is 91.1 Å². The molecule has 84 valence electrons. The molecule has 0 aliphatic heterocycles. The molecule has 0 fully saturated rings. The first-order valence-electron chi connectivity index (χ1n) is 4.58. The average molecular weight is 222 g/mol. The number of nitro benzene ring substituents is 1. The van der Waals surface area contributed by atoms with Gasteiger partial charge in [0.2, 0.25) is 0 Å². The van der Waals surface area contributed by atoms with Crippen molar-refractivity contribution in [3.63, 3.8) is 0 Å². The van der Waals surface area contributed by atoms with E-state index in [9.17, 15) is 15.2 Å². The summed E-state index contributed by atoms with van der Waals surface area (Å²) in [6.07, 6.45) is -0.478. The number of nitro groups is 1. The predicted octanol–water partition coefficient (Wildman–Crippen LogP) is 2.33. The first-order valence-corrected chi connectivity index (χ1v) is 4.58. The lowest BCUT2D eigenvalue weighted by Gasteiger charge is -2.08. The Bertz CT molecular complexity index is 411. The van der Waals surface area contributed by atoms with E-state index in [2.05, 4.69) is 10.0 Å². The van der Waals surface area contributed by atoms with Gasteiger partial charge in [0.25, 0.3) is 5.69 Å². The molecule has 1 aromatic rings. The molecule has 0 saturated carbocycles. The molecule has 16 heavy (non-hydrogen) atoms. The van der Waals surface area contributed by atoms with Gasteiger partial charge in [-0.25, -0.2) is 0 Å². The van der Waals surface area contributed by atoms with Crippen LogP contribution in [0.15, 0.2) is 29.4 Å². The van der Waals surface area contributed by atoms with Crippen LogP contribution >= 0.6 is 0 Å². The summed E-state index contributed by atoms with van der Waals surface area (Å²) in [7, 11) is 0. The lowest BCUT2D eigenvalue weighted by atomic mass is 10.1. The summed E-state index contributed by atoms with van der Waals surface area (Å²) in [6, 6.07) is 5.62. The lowest BCUT2D eigenvalue weighted by Crippen LogP contribution is -1.99. The van der Waals surface area contributed by atoms with Crippen LogP contribution in [0.2, 0.25) is 0 Å². The number of aliphatic hydroxyl groups excluding tert-OH is 1. The third kappa shape index (κ3) is 3.23. The second-order valence-corrected chi connectivity index (χ2v) is 3.11. The largest absolute Gasteiger partial charge is 0.388 e. The topological polar surface area (TPSA) is 112 Å². The van der Waals surface area contributed by atoms with Crippen LogP contribution in [0.25, 0.3) is 10.4 Å². The second kappa shape index (κ2) is 5.69. The lowest BCUT2D eigenvalue weighted by molar-refractivity contribution is -0.384. The van der Waals surface area contributed by atoms with Crippen molar-refractivity contribution in [3.8, 4) is 0 Å². The van der Waals surface area contributed by atoms with Crippen LogP contribution in [0, 0.1) is 10.1 Å². The van der Waals surface area contributed by atoms with E-state index in [0.29, 0.717) is 12.0 Å². The highest BCUT2D eigenvalue weighted by atomic mass is 16.6. The number of rotatable bonds is 5. The van der Waals surface area contributed by atoms with Crippen molar-refractivity contribution in [2.45, 2.75) is 12.5 Å². The van der Waals surface area contributed by atoms with Crippen LogP contribution in [-0.4, -0.2) is 16.6 Å². The average Bonchev–Trinajstić information content (AvgIpc) is 2.29. The van der Waals surface area contributed by atoms with Crippen molar-refractivity contribution in [2.24, 2.45) is 5.11 Å². The Morgan fingerprint density at radius 2 is 2.12 bits per heavy atom. The van der Waals surface area contributed by atoms with E-state index in [1.54, 1.807) is 0 Å². The Morgan fingerprint density at radius 3 is 2.62 bits per heavy atom. The minimum atomic E-state index is -0.772. The fourth-order valence-electron chi connectivity index (χ4n) is 1.21. The maximum Gasteiger partial charge on any atom is 0.269 e. The summed E-state index contributed by atoms with van der Waals surface area (Å²) in [5, 5.41) is 23.3. The van der Waals surface area contributed by atoms with Gasteiger partial charge >= 0.3 is 0 Å². The SMILES string of the molecule is [N-]=[N+]=NCCC(O)c1ccc([N+](=O)[O-])cc1. The van der Waals surface area contributed by atoms with Gasteiger partial charge in [0.15, 0.2) is 0 Å². The maximum atomic E-state index is 10.4. The molecule has 1 unspecified atom stereocenters. The van der Waals surface area contributed by atoms with Gasteiger partial charge < -0.3 is 5.11 Å². The molecular weight excluding hydrogens is 212 g/mol. The van der Waals surface area contributed by atoms with E-state index >= 15 is 0 Å². The van der Waals surface area contributed by atoms with E-state index in [4.69, 9.17) is 5.53 Å². The fourth-order valence-corrected chi connectivity index (χ4v) is 1.21. The Hall–Kier alpha value is -2.11. The van der Waals surface area contributed by atoms with Gasteiger partial charge in [0, 0.05) is 23.6 Å². The van der Waals surface area contributed by atoms with Crippen LogP contribution in [0.4, 0.5) is 5.69 Å². The molecule has 0 aliphatic carbocycles. The summed E-state index contributed by atoms with van der Waals surface area (Å²) >= 11 is 0. The molecule has 1 rings (SSSR count). The Kier molecular flexibility index (Phi) is 4.26. The molecule has 1 aromatic carbocycles.